The van der Waals surface area contributed by atoms with Crippen molar-refractivity contribution in [3.05, 3.63) is 28.5 Å². The van der Waals surface area contributed by atoms with Gasteiger partial charge >= 0.3 is 0 Å². The lowest BCUT2D eigenvalue weighted by atomic mass is 10.3. The number of hydrogen-bond donors (Lipinski definition) is 0. The van der Waals surface area contributed by atoms with Gasteiger partial charge in [-0.15, -0.1) is 0 Å². The fourth-order valence-electron chi connectivity index (χ4n) is 1.98. The Morgan fingerprint density at radius 3 is 2.55 bits per heavy atom. The fourth-order valence-corrected chi connectivity index (χ4v) is 5.22. The summed E-state index contributed by atoms with van der Waals surface area (Å²) >= 11 is 3.06. The van der Waals surface area contributed by atoms with E-state index in [-0.39, 0.29) is 31.0 Å². The molecule has 0 atom stereocenters. The van der Waals surface area contributed by atoms with Crippen LogP contribution in [0.15, 0.2) is 27.6 Å². The normalized spacial score (nSPS) is 20.5. The number of benzene rings is 1. The van der Waals surface area contributed by atoms with E-state index in [4.69, 9.17) is 0 Å². The number of halogens is 2. The third-order valence-electron chi connectivity index (χ3n) is 3.03. The van der Waals surface area contributed by atoms with Crippen molar-refractivity contribution in [1.29, 1.82) is 0 Å². The lowest BCUT2D eigenvalue weighted by molar-refractivity contribution is 0.430. The van der Waals surface area contributed by atoms with Crippen LogP contribution in [-0.4, -0.2) is 45.7 Å². The number of sulfone groups is 1. The third-order valence-corrected chi connectivity index (χ3v) is 7.17. The van der Waals surface area contributed by atoms with Crippen LogP contribution in [0.5, 0.6) is 0 Å². The molecule has 0 N–H and O–H groups in total. The maximum Gasteiger partial charge on any atom is 0.246 e. The lowest BCUT2D eigenvalue weighted by Gasteiger charge is -2.19. The second kappa shape index (κ2) is 5.70. The van der Waals surface area contributed by atoms with E-state index in [2.05, 4.69) is 15.9 Å². The van der Waals surface area contributed by atoms with Crippen LogP contribution in [-0.2, 0) is 19.9 Å². The minimum Gasteiger partial charge on any atom is -0.229 e. The molecule has 0 aromatic heterocycles. The van der Waals surface area contributed by atoms with Gasteiger partial charge in [0.2, 0.25) is 10.0 Å². The van der Waals surface area contributed by atoms with E-state index in [0.29, 0.717) is 4.47 Å². The second-order valence-electron chi connectivity index (χ2n) is 4.48. The number of nitrogens with zero attached hydrogens (tertiary/aromatic N) is 1. The van der Waals surface area contributed by atoms with Gasteiger partial charge in [0.05, 0.1) is 11.5 Å². The second-order valence-corrected chi connectivity index (χ2v) is 9.61. The van der Waals surface area contributed by atoms with Crippen LogP contribution in [0.4, 0.5) is 4.39 Å². The Labute approximate surface area is 125 Å². The summed E-state index contributed by atoms with van der Waals surface area (Å²) in [6.45, 7) is -0.0583. The molecule has 0 aliphatic carbocycles. The van der Waals surface area contributed by atoms with Gasteiger partial charge in [0.25, 0.3) is 0 Å². The van der Waals surface area contributed by atoms with Gasteiger partial charge in [0.15, 0.2) is 9.84 Å². The molecule has 5 nitrogen and oxygen atoms in total. The van der Waals surface area contributed by atoms with Gasteiger partial charge in [0, 0.05) is 17.6 Å². The first-order chi connectivity index (χ1) is 9.22. The van der Waals surface area contributed by atoms with Gasteiger partial charge in [-0.2, -0.15) is 4.31 Å². The molecule has 0 radical (unpaired) electrons. The molecule has 1 aromatic rings. The molecule has 1 fully saturated rings. The number of sulfonamides is 1. The van der Waals surface area contributed by atoms with Crippen molar-refractivity contribution in [3.8, 4) is 0 Å². The third kappa shape index (κ3) is 3.38. The molecule has 1 aromatic carbocycles. The van der Waals surface area contributed by atoms with Crippen molar-refractivity contribution in [2.24, 2.45) is 0 Å². The average Bonchev–Trinajstić information content (AvgIpc) is 2.50. The van der Waals surface area contributed by atoms with Crippen LogP contribution in [0.2, 0.25) is 0 Å². The van der Waals surface area contributed by atoms with E-state index in [1.54, 1.807) is 0 Å². The summed E-state index contributed by atoms with van der Waals surface area (Å²) in [5, 5.41) is 0. The summed E-state index contributed by atoms with van der Waals surface area (Å²) in [4.78, 5) is -0.431. The molecule has 0 bridgehead atoms. The highest BCUT2D eigenvalue weighted by atomic mass is 79.9. The number of hydrogen-bond acceptors (Lipinski definition) is 4. The standard InChI is InChI=1S/C11H13BrFNO4S2/c12-9-2-3-11(10(13)8-9)20(17,18)14-4-1-6-19(15,16)7-5-14/h2-3,8H,1,4-7H2. The Balaban J connectivity index is 2.35. The van der Waals surface area contributed by atoms with E-state index >= 15 is 0 Å². The molecule has 2 rings (SSSR count). The fraction of sp³-hybridized carbons (Fsp3) is 0.455. The van der Waals surface area contributed by atoms with E-state index in [9.17, 15) is 21.2 Å². The van der Waals surface area contributed by atoms with Crippen LogP contribution in [0.3, 0.4) is 0 Å². The Bertz CT molecular complexity index is 718. The maximum atomic E-state index is 13.8. The predicted octanol–water partition coefficient (Wildman–Crippen LogP) is 1.40. The predicted molar refractivity (Wildman–Crippen MR) is 76.1 cm³/mol. The smallest absolute Gasteiger partial charge is 0.229 e. The highest BCUT2D eigenvalue weighted by molar-refractivity contribution is 9.10. The summed E-state index contributed by atoms with van der Waals surface area (Å²) in [6, 6.07) is 3.68. The van der Waals surface area contributed by atoms with Crippen LogP contribution in [0, 0.1) is 5.82 Å². The summed E-state index contributed by atoms with van der Waals surface area (Å²) < 4.78 is 63.0. The molecule has 0 saturated carbocycles. The Morgan fingerprint density at radius 1 is 1.20 bits per heavy atom. The van der Waals surface area contributed by atoms with Crippen molar-refractivity contribution >= 4 is 35.8 Å². The molecule has 20 heavy (non-hydrogen) atoms. The topological polar surface area (TPSA) is 71.5 Å². The van der Waals surface area contributed by atoms with E-state index in [1.807, 2.05) is 0 Å². The van der Waals surface area contributed by atoms with Crippen molar-refractivity contribution in [1.82, 2.24) is 4.31 Å². The van der Waals surface area contributed by atoms with Crippen molar-refractivity contribution in [3.63, 3.8) is 0 Å². The summed E-state index contributed by atoms with van der Waals surface area (Å²) in [7, 11) is -7.23. The summed E-state index contributed by atoms with van der Waals surface area (Å²) in [6.07, 6.45) is 0.222. The zero-order valence-corrected chi connectivity index (χ0v) is 13.6. The SMILES string of the molecule is O=S1(=O)CCCN(S(=O)(=O)c2ccc(Br)cc2F)CC1. The summed E-state index contributed by atoms with van der Waals surface area (Å²) in [5.74, 6) is -1.13. The van der Waals surface area contributed by atoms with Crippen LogP contribution in [0.25, 0.3) is 0 Å². The quantitative estimate of drug-likeness (QED) is 0.771. The van der Waals surface area contributed by atoms with Crippen molar-refractivity contribution in [2.45, 2.75) is 11.3 Å². The van der Waals surface area contributed by atoms with Gasteiger partial charge < -0.3 is 0 Å². The minimum atomic E-state index is -4.01. The van der Waals surface area contributed by atoms with Crippen molar-refractivity contribution in [2.75, 3.05) is 24.6 Å². The zero-order valence-electron chi connectivity index (χ0n) is 10.4. The van der Waals surface area contributed by atoms with Gasteiger partial charge in [-0.1, -0.05) is 15.9 Å². The van der Waals surface area contributed by atoms with Gasteiger partial charge in [0.1, 0.15) is 10.7 Å². The van der Waals surface area contributed by atoms with Crippen molar-refractivity contribution < 1.29 is 21.2 Å². The largest absolute Gasteiger partial charge is 0.246 e. The molecular weight excluding hydrogens is 373 g/mol. The van der Waals surface area contributed by atoms with E-state index in [1.165, 1.54) is 12.1 Å². The van der Waals surface area contributed by atoms with Gasteiger partial charge in [-0.25, -0.2) is 21.2 Å². The first-order valence-electron chi connectivity index (χ1n) is 5.88. The zero-order chi connectivity index (χ0) is 15.0. The van der Waals surface area contributed by atoms with Crippen LogP contribution < -0.4 is 0 Å². The first-order valence-corrected chi connectivity index (χ1v) is 9.93. The molecule has 1 aliphatic rings. The average molecular weight is 386 g/mol. The molecule has 1 saturated heterocycles. The molecule has 0 unspecified atom stereocenters. The molecule has 9 heteroatoms. The molecule has 0 spiro atoms. The molecular formula is C11H13BrFNO4S2. The van der Waals surface area contributed by atoms with E-state index < -0.39 is 30.6 Å². The number of rotatable bonds is 2. The summed E-state index contributed by atoms with van der Waals surface area (Å²) in [5.41, 5.74) is 0. The molecule has 112 valence electrons. The Morgan fingerprint density at radius 2 is 1.90 bits per heavy atom. The monoisotopic (exact) mass is 385 g/mol. The highest BCUT2D eigenvalue weighted by Crippen LogP contribution is 2.23. The van der Waals surface area contributed by atoms with Crippen LogP contribution in [0.1, 0.15) is 6.42 Å². The Kier molecular flexibility index (Phi) is 4.53. The molecule has 1 heterocycles. The first kappa shape index (κ1) is 15.9. The van der Waals surface area contributed by atoms with Gasteiger partial charge in [-0.3, -0.25) is 0 Å². The minimum absolute atomic E-state index is 0.0398. The Hall–Kier alpha value is -0.510. The molecule has 0 amide bonds. The highest BCUT2D eigenvalue weighted by Gasteiger charge is 2.30. The molecule has 1 aliphatic heterocycles. The maximum absolute atomic E-state index is 13.8. The van der Waals surface area contributed by atoms with Crippen LogP contribution >= 0.6 is 15.9 Å². The lowest BCUT2D eigenvalue weighted by Crippen LogP contribution is -2.34. The van der Waals surface area contributed by atoms with E-state index in [0.717, 1.165) is 10.4 Å². The van der Waals surface area contributed by atoms with Gasteiger partial charge in [-0.05, 0) is 24.6 Å².